The van der Waals surface area contributed by atoms with Gasteiger partial charge in [-0.05, 0) is 30.7 Å². The van der Waals surface area contributed by atoms with Crippen molar-refractivity contribution in [3.8, 4) is 0 Å². The maximum Gasteiger partial charge on any atom is 0.121 e. The lowest BCUT2D eigenvalue weighted by atomic mass is 9.79. The number of hydrogen-bond acceptors (Lipinski definition) is 2. The quantitative estimate of drug-likeness (QED) is 0.810. The molecule has 1 heterocycles. The Morgan fingerprint density at radius 1 is 1.47 bits per heavy atom. The maximum atomic E-state index is 5.89. The molecule has 1 fully saturated rings. The fourth-order valence-electron chi connectivity index (χ4n) is 2.66. The highest BCUT2D eigenvalue weighted by Crippen LogP contribution is 2.36. The number of nitrogen functional groups attached to an aromatic ring is 1. The third kappa shape index (κ3) is 2.16. The molecule has 2 atom stereocenters. The third-order valence-corrected chi connectivity index (χ3v) is 3.68. The molecular weight excluding hydrogens is 186 g/mol. The molecule has 0 aromatic carbocycles. The van der Waals surface area contributed by atoms with Gasteiger partial charge < -0.3 is 5.73 Å². The van der Waals surface area contributed by atoms with Crippen LogP contribution in [0.2, 0.25) is 0 Å². The van der Waals surface area contributed by atoms with E-state index in [9.17, 15) is 0 Å². The van der Waals surface area contributed by atoms with E-state index in [2.05, 4.69) is 18.9 Å². The molecule has 1 aromatic rings. The molecule has 0 radical (unpaired) electrons. The Balaban J connectivity index is 2.08. The smallest absolute Gasteiger partial charge is 0.121 e. The van der Waals surface area contributed by atoms with Gasteiger partial charge in [-0.25, -0.2) is 4.68 Å². The molecule has 0 saturated heterocycles. The van der Waals surface area contributed by atoms with E-state index in [0.29, 0.717) is 6.04 Å². The van der Waals surface area contributed by atoms with E-state index in [-0.39, 0.29) is 0 Å². The molecule has 2 N–H and O–H groups in total. The molecule has 1 saturated carbocycles. The lowest BCUT2D eigenvalue weighted by Crippen LogP contribution is -2.23. The highest BCUT2D eigenvalue weighted by atomic mass is 15.3. The number of aromatic nitrogens is 2. The minimum absolute atomic E-state index is 0.529. The molecule has 3 nitrogen and oxygen atoms in total. The summed E-state index contributed by atoms with van der Waals surface area (Å²) in [6, 6.07) is 2.42. The first-order chi connectivity index (χ1) is 7.18. The van der Waals surface area contributed by atoms with Crippen molar-refractivity contribution >= 4 is 5.82 Å². The average Bonchev–Trinajstić information content (AvgIpc) is 2.64. The Labute approximate surface area is 91.7 Å². The van der Waals surface area contributed by atoms with Gasteiger partial charge in [0.25, 0.3) is 0 Å². The SMILES string of the molecule is CC(C)C1CCCC(n2nccc2N)C1. The van der Waals surface area contributed by atoms with Crippen molar-refractivity contribution in [1.82, 2.24) is 9.78 Å². The van der Waals surface area contributed by atoms with Crippen molar-refractivity contribution in [3.05, 3.63) is 12.3 Å². The largest absolute Gasteiger partial charge is 0.384 e. The van der Waals surface area contributed by atoms with Crippen molar-refractivity contribution in [2.24, 2.45) is 11.8 Å². The van der Waals surface area contributed by atoms with Crippen LogP contribution in [0.5, 0.6) is 0 Å². The summed E-state index contributed by atoms with van der Waals surface area (Å²) in [5, 5.41) is 4.32. The predicted molar refractivity (Wildman–Crippen MR) is 62.5 cm³/mol. The third-order valence-electron chi connectivity index (χ3n) is 3.68. The van der Waals surface area contributed by atoms with Crippen LogP contribution in [0.25, 0.3) is 0 Å². The van der Waals surface area contributed by atoms with Crippen LogP contribution in [0.1, 0.15) is 45.6 Å². The van der Waals surface area contributed by atoms with Crippen LogP contribution < -0.4 is 5.73 Å². The molecule has 15 heavy (non-hydrogen) atoms. The molecular formula is C12H21N3. The molecule has 0 amide bonds. The van der Waals surface area contributed by atoms with Gasteiger partial charge in [0.05, 0.1) is 12.2 Å². The van der Waals surface area contributed by atoms with Gasteiger partial charge in [-0.3, -0.25) is 0 Å². The van der Waals surface area contributed by atoms with Gasteiger partial charge in [0.15, 0.2) is 0 Å². The fraction of sp³-hybridized carbons (Fsp3) is 0.750. The van der Waals surface area contributed by atoms with Gasteiger partial charge in [-0.1, -0.05) is 26.7 Å². The summed E-state index contributed by atoms with van der Waals surface area (Å²) in [5.74, 6) is 2.43. The lowest BCUT2D eigenvalue weighted by molar-refractivity contribution is 0.208. The summed E-state index contributed by atoms with van der Waals surface area (Å²) in [5.41, 5.74) is 5.89. The first-order valence-corrected chi connectivity index (χ1v) is 5.97. The van der Waals surface area contributed by atoms with Gasteiger partial charge in [0, 0.05) is 0 Å². The summed E-state index contributed by atoms with van der Waals surface area (Å²) in [6.45, 7) is 4.64. The van der Waals surface area contributed by atoms with Crippen molar-refractivity contribution in [2.45, 2.75) is 45.6 Å². The van der Waals surface area contributed by atoms with Crippen molar-refractivity contribution < 1.29 is 0 Å². The second-order valence-corrected chi connectivity index (χ2v) is 5.03. The average molecular weight is 207 g/mol. The molecule has 0 aliphatic heterocycles. The fourth-order valence-corrected chi connectivity index (χ4v) is 2.66. The lowest BCUT2D eigenvalue weighted by Gasteiger charge is -2.32. The number of nitrogens with two attached hydrogens (primary N) is 1. The van der Waals surface area contributed by atoms with Crippen molar-refractivity contribution in [1.29, 1.82) is 0 Å². The van der Waals surface area contributed by atoms with Gasteiger partial charge in [-0.15, -0.1) is 0 Å². The highest BCUT2D eigenvalue weighted by molar-refractivity contribution is 5.26. The predicted octanol–water partition coefficient (Wildman–Crippen LogP) is 2.85. The zero-order valence-corrected chi connectivity index (χ0v) is 9.69. The molecule has 1 aromatic heterocycles. The summed E-state index contributed by atoms with van der Waals surface area (Å²) >= 11 is 0. The van der Waals surface area contributed by atoms with Crippen molar-refractivity contribution in [2.75, 3.05) is 5.73 Å². The van der Waals surface area contributed by atoms with E-state index in [1.54, 1.807) is 6.20 Å². The Kier molecular flexibility index (Phi) is 2.98. The second-order valence-electron chi connectivity index (χ2n) is 5.03. The Morgan fingerprint density at radius 3 is 2.87 bits per heavy atom. The molecule has 1 aliphatic carbocycles. The minimum Gasteiger partial charge on any atom is -0.384 e. The number of nitrogens with zero attached hydrogens (tertiary/aromatic N) is 2. The molecule has 2 unspecified atom stereocenters. The number of rotatable bonds is 2. The maximum absolute atomic E-state index is 5.89. The van der Waals surface area contributed by atoms with Crippen molar-refractivity contribution in [3.63, 3.8) is 0 Å². The molecule has 3 heteroatoms. The summed E-state index contributed by atoms with van der Waals surface area (Å²) in [6.07, 6.45) is 6.95. The van der Waals surface area contributed by atoms with E-state index < -0.39 is 0 Å². The molecule has 2 rings (SSSR count). The van der Waals surface area contributed by atoms with Gasteiger partial charge in [0.2, 0.25) is 0 Å². The first kappa shape index (κ1) is 10.5. The van der Waals surface area contributed by atoms with Crippen LogP contribution >= 0.6 is 0 Å². The van der Waals surface area contributed by atoms with Crippen LogP contribution in [0.15, 0.2) is 12.3 Å². The Bertz CT molecular complexity index is 316. The van der Waals surface area contributed by atoms with E-state index in [4.69, 9.17) is 5.73 Å². The summed E-state index contributed by atoms with van der Waals surface area (Å²) < 4.78 is 2.01. The number of hydrogen-bond donors (Lipinski definition) is 1. The van der Waals surface area contributed by atoms with Crippen LogP contribution in [0, 0.1) is 11.8 Å². The summed E-state index contributed by atoms with van der Waals surface area (Å²) in [7, 11) is 0. The molecule has 1 aliphatic rings. The van der Waals surface area contributed by atoms with Crippen LogP contribution in [-0.4, -0.2) is 9.78 Å². The van der Waals surface area contributed by atoms with Crippen LogP contribution in [0.4, 0.5) is 5.82 Å². The van der Waals surface area contributed by atoms with Gasteiger partial charge in [-0.2, -0.15) is 5.10 Å². The zero-order valence-electron chi connectivity index (χ0n) is 9.69. The highest BCUT2D eigenvalue weighted by Gasteiger charge is 2.26. The van der Waals surface area contributed by atoms with E-state index in [1.165, 1.54) is 25.7 Å². The molecule has 0 spiro atoms. The standard InChI is InChI=1S/C12H21N3/c1-9(2)10-4-3-5-11(8-10)15-12(13)6-7-14-15/h6-7,9-11H,3-5,8,13H2,1-2H3. The first-order valence-electron chi connectivity index (χ1n) is 5.97. The normalized spacial score (nSPS) is 27.1. The monoisotopic (exact) mass is 207 g/mol. The van der Waals surface area contributed by atoms with E-state index in [0.717, 1.165) is 17.7 Å². The van der Waals surface area contributed by atoms with E-state index in [1.807, 2.05) is 10.7 Å². The summed E-state index contributed by atoms with van der Waals surface area (Å²) in [4.78, 5) is 0. The topological polar surface area (TPSA) is 43.8 Å². The molecule has 84 valence electrons. The second kappa shape index (κ2) is 4.25. The van der Waals surface area contributed by atoms with Gasteiger partial charge in [0.1, 0.15) is 5.82 Å². The van der Waals surface area contributed by atoms with Crippen LogP contribution in [-0.2, 0) is 0 Å². The number of anilines is 1. The molecule has 0 bridgehead atoms. The minimum atomic E-state index is 0.529. The zero-order chi connectivity index (χ0) is 10.8. The Hall–Kier alpha value is -0.990. The Morgan fingerprint density at radius 2 is 2.27 bits per heavy atom. The van der Waals surface area contributed by atoms with E-state index >= 15 is 0 Å². The van der Waals surface area contributed by atoms with Gasteiger partial charge >= 0.3 is 0 Å². The van der Waals surface area contributed by atoms with Crippen LogP contribution in [0.3, 0.4) is 0 Å².